The second kappa shape index (κ2) is 5.16. The summed E-state index contributed by atoms with van der Waals surface area (Å²) in [6, 6.07) is 6.91. The predicted molar refractivity (Wildman–Crippen MR) is 64.5 cm³/mol. The van der Waals surface area contributed by atoms with E-state index in [4.69, 9.17) is 10.2 Å². The minimum Gasteiger partial charge on any atom is -0.478 e. The zero-order valence-corrected chi connectivity index (χ0v) is 9.47. The SMILES string of the molecule is O=C(O)c1ccc(N2CCNC(CO)C2)cc1. The first-order valence-electron chi connectivity index (χ1n) is 5.63. The topological polar surface area (TPSA) is 72.8 Å². The molecule has 0 saturated carbocycles. The van der Waals surface area contributed by atoms with Crippen LogP contribution in [0.15, 0.2) is 24.3 Å². The van der Waals surface area contributed by atoms with E-state index in [0.29, 0.717) is 5.56 Å². The van der Waals surface area contributed by atoms with Gasteiger partial charge in [-0.1, -0.05) is 0 Å². The van der Waals surface area contributed by atoms with Gasteiger partial charge in [0.25, 0.3) is 0 Å². The number of anilines is 1. The quantitative estimate of drug-likeness (QED) is 0.697. The number of piperazine rings is 1. The third-order valence-corrected chi connectivity index (χ3v) is 2.96. The number of carbonyl (C=O) groups is 1. The lowest BCUT2D eigenvalue weighted by Gasteiger charge is -2.34. The summed E-state index contributed by atoms with van der Waals surface area (Å²) in [5.74, 6) is -0.912. The molecule has 1 fully saturated rings. The van der Waals surface area contributed by atoms with E-state index in [9.17, 15) is 4.79 Å². The summed E-state index contributed by atoms with van der Waals surface area (Å²) < 4.78 is 0. The number of hydrogen-bond donors (Lipinski definition) is 3. The van der Waals surface area contributed by atoms with Crippen molar-refractivity contribution in [1.29, 1.82) is 0 Å². The molecule has 3 N–H and O–H groups in total. The molecule has 1 aliphatic rings. The molecule has 1 unspecified atom stereocenters. The van der Waals surface area contributed by atoms with Crippen LogP contribution in [0.1, 0.15) is 10.4 Å². The first-order chi connectivity index (χ1) is 8.20. The van der Waals surface area contributed by atoms with E-state index in [0.717, 1.165) is 25.3 Å². The van der Waals surface area contributed by atoms with Gasteiger partial charge >= 0.3 is 5.97 Å². The first-order valence-corrected chi connectivity index (χ1v) is 5.63. The number of nitrogens with zero attached hydrogens (tertiary/aromatic N) is 1. The molecule has 0 aromatic heterocycles. The second-order valence-corrected chi connectivity index (χ2v) is 4.13. The standard InChI is InChI=1S/C12H16N2O3/c15-8-10-7-14(6-5-13-10)11-3-1-9(2-4-11)12(16)17/h1-4,10,13,15H,5-8H2,(H,16,17). The fourth-order valence-electron chi connectivity index (χ4n) is 2.00. The molecule has 0 spiro atoms. The Balaban J connectivity index is 2.08. The smallest absolute Gasteiger partial charge is 0.335 e. The highest BCUT2D eigenvalue weighted by Crippen LogP contribution is 2.16. The summed E-state index contributed by atoms with van der Waals surface area (Å²) in [6.45, 7) is 2.54. The number of carboxylic acids is 1. The van der Waals surface area contributed by atoms with Crippen LogP contribution in [0.5, 0.6) is 0 Å². The van der Waals surface area contributed by atoms with Crippen LogP contribution in [0.25, 0.3) is 0 Å². The van der Waals surface area contributed by atoms with Crippen LogP contribution in [0, 0.1) is 0 Å². The lowest BCUT2D eigenvalue weighted by molar-refractivity contribution is 0.0697. The number of aromatic carboxylic acids is 1. The summed E-state index contributed by atoms with van der Waals surface area (Å²) in [6.07, 6.45) is 0. The zero-order chi connectivity index (χ0) is 12.3. The normalized spacial score (nSPS) is 20.3. The zero-order valence-electron chi connectivity index (χ0n) is 9.47. The number of carboxylic acid groups (broad SMARTS) is 1. The largest absolute Gasteiger partial charge is 0.478 e. The Morgan fingerprint density at radius 2 is 2.12 bits per heavy atom. The molecule has 0 radical (unpaired) electrons. The fraction of sp³-hybridized carbons (Fsp3) is 0.417. The van der Waals surface area contributed by atoms with Crippen LogP contribution in [0.3, 0.4) is 0 Å². The summed E-state index contributed by atoms with van der Waals surface area (Å²) in [4.78, 5) is 12.9. The Hall–Kier alpha value is -1.59. The van der Waals surface area contributed by atoms with Gasteiger partial charge < -0.3 is 20.4 Å². The van der Waals surface area contributed by atoms with Crippen LogP contribution >= 0.6 is 0 Å². The molecule has 1 aromatic carbocycles. The lowest BCUT2D eigenvalue weighted by Crippen LogP contribution is -2.52. The van der Waals surface area contributed by atoms with Crippen molar-refractivity contribution in [3.8, 4) is 0 Å². The van der Waals surface area contributed by atoms with Gasteiger partial charge in [-0.2, -0.15) is 0 Å². The Morgan fingerprint density at radius 1 is 1.41 bits per heavy atom. The summed E-state index contributed by atoms with van der Waals surface area (Å²) in [5, 5.41) is 21.1. The maximum atomic E-state index is 10.7. The number of nitrogens with one attached hydrogen (secondary N) is 1. The number of hydrogen-bond acceptors (Lipinski definition) is 4. The second-order valence-electron chi connectivity index (χ2n) is 4.13. The minimum atomic E-state index is -0.912. The lowest BCUT2D eigenvalue weighted by atomic mass is 10.1. The highest BCUT2D eigenvalue weighted by molar-refractivity contribution is 5.88. The van der Waals surface area contributed by atoms with E-state index in [-0.39, 0.29) is 12.6 Å². The number of rotatable bonds is 3. The van der Waals surface area contributed by atoms with Gasteiger partial charge in [-0.25, -0.2) is 4.79 Å². The molecule has 0 amide bonds. The molecule has 5 nitrogen and oxygen atoms in total. The Bertz CT molecular complexity index is 391. The van der Waals surface area contributed by atoms with Crippen molar-refractivity contribution in [2.24, 2.45) is 0 Å². The molecule has 1 aromatic rings. The predicted octanol–water partition coefficient (Wildman–Crippen LogP) is 0.155. The molecular weight excluding hydrogens is 220 g/mol. The molecule has 1 aliphatic heterocycles. The van der Waals surface area contributed by atoms with Crippen molar-refractivity contribution in [3.63, 3.8) is 0 Å². The third kappa shape index (κ3) is 2.75. The molecule has 1 atom stereocenters. The molecule has 1 heterocycles. The van der Waals surface area contributed by atoms with E-state index in [1.165, 1.54) is 0 Å². The Kier molecular flexibility index (Phi) is 3.61. The van der Waals surface area contributed by atoms with Crippen molar-refractivity contribution >= 4 is 11.7 Å². The highest BCUT2D eigenvalue weighted by Gasteiger charge is 2.18. The third-order valence-electron chi connectivity index (χ3n) is 2.96. The first kappa shape index (κ1) is 11.9. The Labute approximate surface area is 99.7 Å². The van der Waals surface area contributed by atoms with Crippen LogP contribution in [-0.4, -0.2) is 48.5 Å². The van der Waals surface area contributed by atoms with Gasteiger partial charge in [0.2, 0.25) is 0 Å². The van der Waals surface area contributed by atoms with E-state index in [1.54, 1.807) is 12.1 Å². The van der Waals surface area contributed by atoms with Crippen molar-refractivity contribution in [3.05, 3.63) is 29.8 Å². The van der Waals surface area contributed by atoms with Gasteiger partial charge in [0, 0.05) is 31.4 Å². The Morgan fingerprint density at radius 3 is 2.71 bits per heavy atom. The summed E-state index contributed by atoms with van der Waals surface area (Å²) >= 11 is 0. The molecule has 5 heteroatoms. The molecular formula is C12H16N2O3. The van der Waals surface area contributed by atoms with Crippen LogP contribution in [0.4, 0.5) is 5.69 Å². The summed E-state index contributed by atoms with van der Waals surface area (Å²) in [7, 11) is 0. The van der Waals surface area contributed by atoms with E-state index in [2.05, 4.69) is 10.2 Å². The molecule has 17 heavy (non-hydrogen) atoms. The number of aliphatic hydroxyl groups excluding tert-OH is 1. The van der Waals surface area contributed by atoms with Gasteiger partial charge in [0.1, 0.15) is 0 Å². The van der Waals surface area contributed by atoms with E-state index in [1.807, 2.05) is 12.1 Å². The molecule has 0 aliphatic carbocycles. The molecule has 0 bridgehead atoms. The maximum absolute atomic E-state index is 10.7. The van der Waals surface area contributed by atoms with E-state index >= 15 is 0 Å². The molecule has 1 saturated heterocycles. The van der Waals surface area contributed by atoms with Gasteiger partial charge in [0.05, 0.1) is 12.2 Å². The average Bonchev–Trinajstić information content (AvgIpc) is 2.39. The highest BCUT2D eigenvalue weighted by atomic mass is 16.4. The molecule has 2 rings (SSSR count). The maximum Gasteiger partial charge on any atom is 0.335 e. The van der Waals surface area contributed by atoms with E-state index < -0.39 is 5.97 Å². The minimum absolute atomic E-state index is 0.0860. The van der Waals surface area contributed by atoms with Crippen molar-refractivity contribution in [1.82, 2.24) is 5.32 Å². The van der Waals surface area contributed by atoms with Gasteiger partial charge in [-0.05, 0) is 24.3 Å². The van der Waals surface area contributed by atoms with Gasteiger partial charge in [-0.3, -0.25) is 0 Å². The van der Waals surface area contributed by atoms with Crippen molar-refractivity contribution in [2.45, 2.75) is 6.04 Å². The average molecular weight is 236 g/mol. The fourth-order valence-corrected chi connectivity index (χ4v) is 2.00. The van der Waals surface area contributed by atoms with Gasteiger partial charge in [0.15, 0.2) is 0 Å². The number of benzene rings is 1. The van der Waals surface area contributed by atoms with Crippen LogP contribution < -0.4 is 10.2 Å². The van der Waals surface area contributed by atoms with Crippen molar-refractivity contribution in [2.75, 3.05) is 31.1 Å². The van der Waals surface area contributed by atoms with Crippen LogP contribution in [-0.2, 0) is 0 Å². The molecule has 92 valence electrons. The van der Waals surface area contributed by atoms with Gasteiger partial charge in [-0.15, -0.1) is 0 Å². The summed E-state index contributed by atoms with van der Waals surface area (Å²) in [5.41, 5.74) is 1.29. The van der Waals surface area contributed by atoms with Crippen LogP contribution in [0.2, 0.25) is 0 Å². The van der Waals surface area contributed by atoms with Crippen molar-refractivity contribution < 1.29 is 15.0 Å². The number of aliphatic hydroxyl groups is 1. The monoisotopic (exact) mass is 236 g/mol.